The van der Waals surface area contributed by atoms with Crippen molar-refractivity contribution >= 4 is 11.9 Å². The van der Waals surface area contributed by atoms with Gasteiger partial charge in [0, 0.05) is 31.6 Å². The summed E-state index contributed by atoms with van der Waals surface area (Å²) >= 11 is 0. The molecule has 2 saturated heterocycles. The Balaban J connectivity index is 1.69. The summed E-state index contributed by atoms with van der Waals surface area (Å²) in [7, 11) is 0. The Morgan fingerprint density at radius 1 is 1.30 bits per heavy atom. The molecule has 0 aliphatic carbocycles. The highest BCUT2D eigenvalue weighted by Crippen LogP contribution is 2.31. The molecule has 0 saturated carbocycles. The molecule has 1 spiro atoms. The summed E-state index contributed by atoms with van der Waals surface area (Å²) in [6.07, 6.45) is 1.39. The van der Waals surface area contributed by atoms with Crippen molar-refractivity contribution in [1.82, 2.24) is 14.9 Å². The molecule has 20 heavy (non-hydrogen) atoms. The molecule has 7 heteroatoms. The lowest BCUT2D eigenvalue weighted by atomic mass is 10.0. The van der Waals surface area contributed by atoms with Crippen molar-refractivity contribution < 1.29 is 14.3 Å². The number of rotatable bonds is 1. The second-order valence-electron chi connectivity index (χ2n) is 5.15. The number of amides is 1. The van der Waals surface area contributed by atoms with Gasteiger partial charge in [-0.05, 0) is 13.0 Å². The van der Waals surface area contributed by atoms with Crippen molar-refractivity contribution in [1.29, 1.82) is 0 Å². The quantitative estimate of drug-likeness (QED) is 0.797. The van der Waals surface area contributed by atoms with Gasteiger partial charge in [0.15, 0.2) is 5.79 Å². The number of carbonyl (C=O) groups excluding carboxylic acids is 1. The molecule has 1 amide bonds. The normalized spacial score (nSPS) is 21.4. The van der Waals surface area contributed by atoms with Gasteiger partial charge in [0.05, 0.1) is 13.2 Å². The van der Waals surface area contributed by atoms with Crippen molar-refractivity contribution in [3.05, 3.63) is 17.5 Å². The van der Waals surface area contributed by atoms with Crippen molar-refractivity contribution in [2.45, 2.75) is 25.6 Å². The lowest BCUT2D eigenvalue weighted by molar-refractivity contribution is -0.181. The molecule has 2 fully saturated rings. The maximum atomic E-state index is 12.4. The molecule has 7 nitrogen and oxygen atoms in total. The zero-order valence-electron chi connectivity index (χ0n) is 11.5. The first-order chi connectivity index (χ1) is 9.58. The van der Waals surface area contributed by atoms with Crippen LogP contribution in [0.3, 0.4) is 0 Å². The highest BCUT2D eigenvalue weighted by molar-refractivity contribution is 5.92. The lowest BCUT2D eigenvalue weighted by Gasteiger charge is -2.37. The molecule has 1 aromatic rings. The molecular formula is C13H18N4O3. The maximum Gasteiger partial charge on any atom is 0.272 e. The number of anilines is 1. The number of aromatic nitrogens is 2. The smallest absolute Gasteiger partial charge is 0.272 e. The van der Waals surface area contributed by atoms with Crippen molar-refractivity contribution in [2.24, 2.45) is 0 Å². The van der Waals surface area contributed by atoms with Gasteiger partial charge >= 0.3 is 0 Å². The SMILES string of the molecule is Cc1cc(C(=O)N2CCC3(CC2)OCCO3)nc(N)n1. The molecule has 2 aliphatic heterocycles. The summed E-state index contributed by atoms with van der Waals surface area (Å²) in [6.45, 7) is 4.26. The minimum atomic E-state index is -0.475. The van der Waals surface area contributed by atoms with E-state index in [-0.39, 0.29) is 11.9 Å². The van der Waals surface area contributed by atoms with E-state index in [0.717, 1.165) is 0 Å². The van der Waals surface area contributed by atoms with Crippen LogP contribution in [0.4, 0.5) is 5.95 Å². The topological polar surface area (TPSA) is 90.6 Å². The number of hydrogen-bond acceptors (Lipinski definition) is 6. The summed E-state index contributed by atoms with van der Waals surface area (Å²) in [6, 6.07) is 1.66. The number of ether oxygens (including phenoxy) is 2. The average molecular weight is 278 g/mol. The van der Waals surface area contributed by atoms with Crippen LogP contribution in [0.2, 0.25) is 0 Å². The zero-order valence-corrected chi connectivity index (χ0v) is 11.5. The fourth-order valence-electron chi connectivity index (χ4n) is 2.70. The molecule has 0 bridgehead atoms. The van der Waals surface area contributed by atoms with E-state index in [1.165, 1.54) is 0 Å². The van der Waals surface area contributed by atoms with E-state index in [9.17, 15) is 4.79 Å². The number of aryl methyl sites for hydroxylation is 1. The van der Waals surface area contributed by atoms with Crippen LogP contribution in [0.1, 0.15) is 29.0 Å². The van der Waals surface area contributed by atoms with Crippen LogP contribution < -0.4 is 5.73 Å². The minimum Gasteiger partial charge on any atom is -0.368 e. The Hall–Kier alpha value is -1.73. The largest absolute Gasteiger partial charge is 0.368 e. The highest BCUT2D eigenvalue weighted by Gasteiger charge is 2.41. The number of piperidine rings is 1. The molecule has 0 radical (unpaired) electrons. The second-order valence-corrected chi connectivity index (χ2v) is 5.15. The summed E-state index contributed by atoms with van der Waals surface area (Å²) in [5.74, 6) is -0.462. The summed E-state index contributed by atoms with van der Waals surface area (Å²) in [5.41, 5.74) is 6.63. The van der Waals surface area contributed by atoms with Crippen molar-refractivity contribution in [3.8, 4) is 0 Å². The van der Waals surface area contributed by atoms with E-state index in [0.29, 0.717) is 50.5 Å². The Morgan fingerprint density at radius 2 is 1.95 bits per heavy atom. The van der Waals surface area contributed by atoms with Gasteiger partial charge in [-0.3, -0.25) is 4.79 Å². The third kappa shape index (κ3) is 2.46. The fraction of sp³-hybridized carbons (Fsp3) is 0.615. The molecule has 3 heterocycles. The first kappa shape index (κ1) is 13.3. The molecule has 1 aromatic heterocycles. The molecule has 108 valence electrons. The second kappa shape index (κ2) is 4.99. The molecule has 0 aromatic carbocycles. The Labute approximate surface area is 117 Å². The summed E-state index contributed by atoms with van der Waals surface area (Å²) in [5, 5.41) is 0. The first-order valence-corrected chi connectivity index (χ1v) is 6.76. The number of hydrogen-bond donors (Lipinski definition) is 1. The summed E-state index contributed by atoms with van der Waals surface area (Å²) in [4.78, 5) is 22.2. The lowest BCUT2D eigenvalue weighted by Crippen LogP contribution is -2.47. The third-order valence-electron chi connectivity index (χ3n) is 3.72. The minimum absolute atomic E-state index is 0.116. The third-order valence-corrected chi connectivity index (χ3v) is 3.72. The molecule has 2 aliphatic rings. The fourth-order valence-corrected chi connectivity index (χ4v) is 2.70. The van der Waals surface area contributed by atoms with Gasteiger partial charge in [-0.15, -0.1) is 0 Å². The number of carbonyl (C=O) groups is 1. The van der Waals surface area contributed by atoms with Crippen LogP contribution in [-0.2, 0) is 9.47 Å². The monoisotopic (exact) mass is 278 g/mol. The van der Waals surface area contributed by atoms with Crippen LogP contribution >= 0.6 is 0 Å². The van der Waals surface area contributed by atoms with E-state index in [2.05, 4.69) is 9.97 Å². The standard InChI is InChI=1S/C13H18N4O3/c1-9-8-10(16-12(14)15-9)11(18)17-4-2-13(3-5-17)19-6-7-20-13/h8H,2-7H2,1H3,(H2,14,15,16). The Morgan fingerprint density at radius 3 is 2.55 bits per heavy atom. The van der Waals surface area contributed by atoms with Crippen molar-refractivity contribution in [3.63, 3.8) is 0 Å². The van der Waals surface area contributed by atoms with E-state index in [1.54, 1.807) is 17.9 Å². The van der Waals surface area contributed by atoms with Crippen LogP contribution in [0.5, 0.6) is 0 Å². The number of nitrogen functional groups attached to an aromatic ring is 1. The van der Waals surface area contributed by atoms with E-state index < -0.39 is 5.79 Å². The van der Waals surface area contributed by atoms with Crippen LogP contribution in [-0.4, -0.2) is 52.9 Å². The molecule has 2 N–H and O–H groups in total. The van der Waals surface area contributed by atoms with Gasteiger partial charge in [0.1, 0.15) is 5.69 Å². The maximum absolute atomic E-state index is 12.4. The van der Waals surface area contributed by atoms with Gasteiger partial charge in [0.2, 0.25) is 5.95 Å². The Bertz CT molecular complexity index is 498. The number of likely N-dealkylation sites (tertiary alicyclic amines) is 1. The van der Waals surface area contributed by atoms with Gasteiger partial charge in [-0.2, -0.15) is 0 Å². The molecule has 0 atom stereocenters. The first-order valence-electron chi connectivity index (χ1n) is 6.76. The highest BCUT2D eigenvalue weighted by atomic mass is 16.7. The predicted octanol–water partition coefficient (Wildman–Crippen LogP) is 0.346. The van der Waals surface area contributed by atoms with Crippen molar-refractivity contribution in [2.75, 3.05) is 32.0 Å². The molecular weight excluding hydrogens is 260 g/mol. The Kier molecular flexibility index (Phi) is 3.31. The zero-order chi connectivity index (χ0) is 14.2. The van der Waals surface area contributed by atoms with Gasteiger partial charge < -0.3 is 20.1 Å². The summed E-state index contributed by atoms with van der Waals surface area (Å²) < 4.78 is 11.3. The van der Waals surface area contributed by atoms with Gasteiger partial charge in [0.25, 0.3) is 5.91 Å². The van der Waals surface area contributed by atoms with E-state index in [4.69, 9.17) is 15.2 Å². The molecule has 3 rings (SSSR count). The number of nitrogens with two attached hydrogens (primary N) is 1. The van der Waals surface area contributed by atoms with Crippen LogP contribution in [0.15, 0.2) is 6.07 Å². The van der Waals surface area contributed by atoms with Gasteiger partial charge in [-0.25, -0.2) is 9.97 Å². The van der Waals surface area contributed by atoms with E-state index >= 15 is 0 Å². The van der Waals surface area contributed by atoms with Crippen LogP contribution in [0, 0.1) is 6.92 Å². The van der Waals surface area contributed by atoms with Gasteiger partial charge in [-0.1, -0.05) is 0 Å². The van der Waals surface area contributed by atoms with Crippen LogP contribution in [0.25, 0.3) is 0 Å². The molecule has 0 unspecified atom stereocenters. The predicted molar refractivity (Wildman–Crippen MR) is 71.0 cm³/mol. The van der Waals surface area contributed by atoms with E-state index in [1.807, 2.05) is 0 Å². The number of nitrogens with zero attached hydrogens (tertiary/aromatic N) is 3. The average Bonchev–Trinajstić information content (AvgIpc) is 2.86.